The van der Waals surface area contributed by atoms with Gasteiger partial charge in [-0.1, -0.05) is 6.42 Å². The SMILES string of the molecule is CN1CCC(N(C)C(=O)[C@H]2CCCCN2)CC1.Cl. The van der Waals surface area contributed by atoms with Crippen LogP contribution < -0.4 is 5.32 Å². The summed E-state index contributed by atoms with van der Waals surface area (Å²) in [7, 11) is 4.13. The molecular weight excluding hydrogens is 250 g/mol. The Bertz CT molecular complexity index is 261. The second-order valence-electron chi connectivity index (χ2n) is 5.49. The minimum atomic E-state index is 0. The van der Waals surface area contributed by atoms with Crippen LogP contribution in [0.4, 0.5) is 0 Å². The molecule has 1 N–H and O–H groups in total. The molecule has 0 unspecified atom stereocenters. The number of hydrogen-bond acceptors (Lipinski definition) is 3. The number of likely N-dealkylation sites (N-methyl/N-ethyl adjacent to an activating group) is 1. The average Bonchev–Trinajstić information content (AvgIpc) is 2.39. The van der Waals surface area contributed by atoms with Gasteiger partial charge in [-0.3, -0.25) is 4.79 Å². The molecule has 106 valence electrons. The number of nitrogens with one attached hydrogen (secondary N) is 1. The summed E-state index contributed by atoms with van der Waals surface area (Å²) in [5, 5.41) is 3.35. The maximum absolute atomic E-state index is 12.3. The molecule has 2 heterocycles. The molecule has 1 atom stereocenters. The van der Waals surface area contributed by atoms with Gasteiger partial charge in [0.2, 0.25) is 5.91 Å². The minimum Gasteiger partial charge on any atom is -0.341 e. The number of carbonyl (C=O) groups is 1. The molecule has 18 heavy (non-hydrogen) atoms. The van der Waals surface area contributed by atoms with E-state index in [0.29, 0.717) is 11.9 Å². The van der Waals surface area contributed by atoms with Crippen LogP contribution >= 0.6 is 12.4 Å². The van der Waals surface area contributed by atoms with E-state index in [-0.39, 0.29) is 18.4 Å². The van der Waals surface area contributed by atoms with E-state index in [1.54, 1.807) is 0 Å². The molecule has 0 spiro atoms. The zero-order valence-electron chi connectivity index (χ0n) is 11.5. The minimum absolute atomic E-state index is 0. The van der Waals surface area contributed by atoms with Crippen LogP contribution in [-0.4, -0.2) is 61.5 Å². The first-order valence-corrected chi connectivity index (χ1v) is 6.87. The van der Waals surface area contributed by atoms with Crippen molar-refractivity contribution in [2.75, 3.05) is 33.7 Å². The van der Waals surface area contributed by atoms with Crippen LogP contribution in [0.25, 0.3) is 0 Å². The first-order valence-electron chi connectivity index (χ1n) is 6.87. The molecule has 2 aliphatic heterocycles. The van der Waals surface area contributed by atoms with Crippen molar-refractivity contribution in [3.8, 4) is 0 Å². The predicted molar refractivity (Wildman–Crippen MR) is 76.2 cm³/mol. The second-order valence-corrected chi connectivity index (χ2v) is 5.49. The zero-order valence-corrected chi connectivity index (χ0v) is 12.3. The van der Waals surface area contributed by atoms with Crippen LogP contribution in [0.2, 0.25) is 0 Å². The lowest BCUT2D eigenvalue weighted by atomic mass is 10.00. The van der Waals surface area contributed by atoms with Gasteiger partial charge in [0.15, 0.2) is 0 Å². The first kappa shape index (κ1) is 15.7. The standard InChI is InChI=1S/C13H25N3O.ClH/c1-15-9-6-11(7-10-15)16(2)13(17)12-5-3-4-8-14-12;/h11-12,14H,3-10H2,1-2H3;1H/t12-;/m1./s1. The van der Waals surface area contributed by atoms with Crippen molar-refractivity contribution in [2.24, 2.45) is 0 Å². The topological polar surface area (TPSA) is 35.6 Å². The number of likely N-dealkylation sites (tertiary alicyclic amines) is 1. The Labute approximate surface area is 116 Å². The summed E-state index contributed by atoms with van der Waals surface area (Å²) in [6.07, 6.45) is 5.64. The van der Waals surface area contributed by atoms with E-state index in [4.69, 9.17) is 0 Å². The second kappa shape index (κ2) is 7.31. The summed E-state index contributed by atoms with van der Waals surface area (Å²) in [6, 6.07) is 0.524. The van der Waals surface area contributed by atoms with E-state index in [1.165, 1.54) is 12.8 Å². The molecule has 0 bridgehead atoms. The number of nitrogens with zero attached hydrogens (tertiary/aromatic N) is 2. The lowest BCUT2D eigenvalue weighted by Crippen LogP contribution is -2.52. The van der Waals surface area contributed by atoms with Gasteiger partial charge in [-0.05, 0) is 52.4 Å². The van der Waals surface area contributed by atoms with E-state index in [0.717, 1.165) is 38.9 Å². The number of halogens is 1. The van der Waals surface area contributed by atoms with Crippen molar-refractivity contribution < 1.29 is 4.79 Å². The van der Waals surface area contributed by atoms with Gasteiger partial charge in [0.1, 0.15) is 0 Å². The Morgan fingerprint density at radius 2 is 1.89 bits per heavy atom. The molecule has 2 saturated heterocycles. The number of amides is 1. The Morgan fingerprint density at radius 3 is 2.44 bits per heavy atom. The van der Waals surface area contributed by atoms with Crippen LogP contribution in [0.3, 0.4) is 0 Å². The van der Waals surface area contributed by atoms with E-state index in [2.05, 4.69) is 17.3 Å². The summed E-state index contributed by atoms with van der Waals surface area (Å²) in [4.78, 5) is 16.7. The molecule has 0 radical (unpaired) electrons. The summed E-state index contributed by atoms with van der Waals surface area (Å²) < 4.78 is 0. The molecule has 2 aliphatic rings. The van der Waals surface area contributed by atoms with E-state index >= 15 is 0 Å². The predicted octanol–water partition coefficient (Wildman–Crippen LogP) is 1.10. The Hall–Kier alpha value is -0.320. The number of piperidine rings is 2. The molecule has 0 aromatic heterocycles. The van der Waals surface area contributed by atoms with E-state index < -0.39 is 0 Å². The Balaban J connectivity index is 0.00000162. The third-order valence-electron chi connectivity index (χ3n) is 4.19. The van der Waals surface area contributed by atoms with Crippen LogP contribution in [-0.2, 0) is 4.79 Å². The third-order valence-corrected chi connectivity index (χ3v) is 4.19. The fourth-order valence-corrected chi connectivity index (χ4v) is 2.87. The lowest BCUT2D eigenvalue weighted by molar-refractivity contribution is -0.135. The quantitative estimate of drug-likeness (QED) is 0.820. The van der Waals surface area contributed by atoms with Crippen molar-refractivity contribution in [2.45, 2.75) is 44.2 Å². The molecule has 5 heteroatoms. The van der Waals surface area contributed by atoms with Gasteiger partial charge < -0.3 is 15.1 Å². The van der Waals surface area contributed by atoms with Crippen LogP contribution in [0.15, 0.2) is 0 Å². The highest BCUT2D eigenvalue weighted by Crippen LogP contribution is 2.17. The van der Waals surface area contributed by atoms with Gasteiger partial charge in [0.05, 0.1) is 6.04 Å². The molecule has 0 saturated carbocycles. The Kier molecular flexibility index (Phi) is 6.39. The molecule has 1 amide bonds. The average molecular weight is 276 g/mol. The Morgan fingerprint density at radius 1 is 1.22 bits per heavy atom. The summed E-state index contributed by atoms with van der Waals surface area (Å²) in [6.45, 7) is 3.22. The van der Waals surface area contributed by atoms with Gasteiger partial charge >= 0.3 is 0 Å². The summed E-state index contributed by atoms with van der Waals surface area (Å²) in [5.41, 5.74) is 0. The van der Waals surface area contributed by atoms with Gasteiger partial charge in [-0.2, -0.15) is 0 Å². The summed E-state index contributed by atoms with van der Waals surface area (Å²) >= 11 is 0. The van der Waals surface area contributed by atoms with Crippen molar-refractivity contribution in [1.82, 2.24) is 15.1 Å². The van der Waals surface area contributed by atoms with Crippen LogP contribution in [0, 0.1) is 0 Å². The van der Waals surface area contributed by atoms with Crippen LogP contribution in [0.5, 0.6) is 0 Å². The van der Waals surface area contributed by atoms with Crippen molar-refractivity contribution in [3.63, 3.8) is 0 Å². The highest BCUT2D eigenvalue weighted by molar-refractivity contribution is 5.85. The largest absolute Gasteiger partial charge is 0.341 e. The monoisotopic (exact) mass is 275 g/mol. The highest BCUT2D eigenvalue weighted by atomic mass is 35.5. The fourth-order valence-electron chi connectivity index (χ4n) is 2.87. The number of rotatable bonds is 2. The van der Waals surface area contributed by atoms with Crippen molar-refractivity contribution >= 4 is 18.3 Å². The highest BCUT2D eigenvalue weighted by Gasteiger charge is 2.29. The number of carbonyl (C=O) groups excluding carboxylic acids is 1. The normalized spacial score (nSPS) is 26.4. The molecule has 0 aromatic rings. The molecule has 2 fully saturated rings. The molecule has 2 rings (SSSR count). The fraction of sp³-hybridized carbons (Fsp3) is 0.923. The maximum atomic E-state index is 12.3. The first-order chi connectivity index (χ1) is 8.18. The molecule has 4 nitrogen and oxygen atoms in total. The lowest BCUT2D eigenvalue weighted by Gasteiger charge is -2.37. The third kappa shape index (κ3) is 3.84. The zero-order chi connectivity index (χ0) is 12.3. The van der Waals surface area contributed by atoms with E-state index in [1.807, 2.05) is 11.9 Å². The van der Waals surface area contributed by atoms with Gasteiger partial charge in [0, 0.05) is 13.1 Å². The van der Waals surface area contributed by atoms with Crippen molar-refractivity contribution in [3.05, 3.63) is 0 Å². The van der Waals surface area contributed by atoms with Gasteiger partial charge in [0.25, 0.3) is 0 Å². The van der Waals surface area contributed by atoms with Gasteiger partial charge in [-0.25, -0.2) is 0 Å². The maximum Gasteiger partial charge on any atom is 0.239 e. The molecule has 0 aromatic carbocycles. The van der Waals surface area contributed by atoms with E-state index in [9.17, 15) is 4.79 Å². The van der Waals surface area contributed by atoms with Crippen molar-refractivity contribution in [1.29, 1.82) is 0 Å². The molecular formula is C13H26ClN3O. The molecule has 0 aliphatic carbocycles. The van der Waals surface area contributed by atoms with Gasteiger partial charge in [-0.15, -0.1) is 12.4 Å². The smallest absolute Gasteiger partial charge is 0.239 e. The summed E-state index contributed by atoms with van der Waals surface area (Å²) in [5.74, 6) is 0.305. The number of hydrogen-bond donors (Lipinski definition) is 1. The van der Waals surface area contributed by atoms with Crippen LogP contribution in [0.1, 0.15) is 32.1 Å².